The van der Waals surface area contributed by atoms with Crippen molar-refractivity contribution >= 4 is 27.7 Å². The van der Waals surface area contributed by atoms with E-state index < -0.39 is 47.8 Å². The number of aliphatic carboxylic acids is 1. The quantitative estimate of drug-likeness (QED) is 0.165. The molecule has 0 bridgehead atoms. The first kappa shape index (κ1) is 58.3. The molecule has 4 aromatic carbocycles. The van der Waals surface area contributed by atoms with Gasteiger partial charge in [0.2, 0.25) is 0 Å². The smallest absolute Gasteiger partial charge is 0.481 e. The summed E-state index contributed by atoms with van der Waals surface area (Å²) in [5, 5.41) is 27.3. The standard InChI is InChI=1S/C11H10F3NO.C11H11F3O3.C10H11F3O2.C7H4BrF3O.C3H6O/c1-10(2,7-15)8-3-5-9(6-4-8)16-11(12,13)14;1-10(2,9(15)16)7-3-5-8(6-4-7)17-11(12,13)14;1-9(2,14)7-3-5-8(6-4-7)15-10(11,12)13;8-5-1-3-6(4-2-5)12-7(9,10)11;1-3(2)4/h3-6H,1-2H3;3-6H,1-2H3,(H,15,16);3-6,14H,1-2H3;1-4H;1-2H3. The number of rotatable bonds is 8. The summed E-state index contributed by atoms with van der Waals surface area (Å²) in [6.07, 6.45) is -18.7. The molecule has 64 heavy (non-hydrogen) atoms. The first-order valence-electron chi connectivity index (χ1n) is 17.7. The Balaban J connectivity index is 0.000000808. The van der Waals surface area contributed by atoms with Gasteiger partial charge in [0.1, 0.15) is 28.8 Å². The maximum atomic E-state index is 11.9. The van der Waals surface area contributed by atoms with Gasteiger partial charge in [-0.2, -0.15) is 5.26 Å². The number of nitrogens with zero attached hydrogens (tertiary/aromatic N) is 1. The lowest BCUT2D eigenvalue weighted by atomic mass is 9.85. The number of halogens is 13. The molecule has 2 N–H and O–H groups in total. The van der Waals surface area contributed by atoms with E-state index >= 15 is 0 Å². The monoisotopic (exact) mass is 995 g/mol. The molecular weight excluding hydrogens is 954 g/mol. The zero-order valence-electron chi connectivity index (χ0n) is 34.9. The van der Waals surface area contributed by atoms with Crippen LogP contribution in [0.15, 0.2) is 102 Å². The second-order valence-corrected chi connectivity index (χ2v) is 15.3. The van der Waals surface area contributed by atoms with E-state index in [9.17, 15) is 67.4 Å². The summed E-state index contributed by atoms with van der Waals surface area (Å²) in [5.74, 6) is -2.06. The van der Waals surface area contributed by atoms with E-state index in [-0.39, 0.29) is 28.8 Å². The lowest BCUT2D eigenvalue weighted by Crippen LogP contribution is -2.28. The van der Waals surface area contributed by atoms with Crippen molar-refractivity contribution in [1.29, 1.82) is 5.26 Å². The van der Waals surface area contributed by atoms with Gasteiger partial charge in [0.25, 0.3) is 0 Å². The van der Waals surface area contributed by atoms with E-state index in [0.29, 0.717) is 21.2 Å². The summed E-state index contributed by atoms with van der Waals surface area (Å²) in [6, 6.07) is 22.7. The van der Waals surface area contributed by atoms with Crippen molar-refractivity contribution in [2.45, 2.75) is 97.3 Å². The number of carbonyl (C=O) groups excluding carboxylic acids is 1. The summed E-state index contributed by atoms with van der Waals surface area (Å²) >= 11 is 3.09. The molecule has 0 radical (unpaired) electrons. The molecule has 0 spiro atoms. The van der Waals surface area contributed by atoms with Crippen LogP contribution in [-0.4, -0.2) is 47.4 Å². The van der Waals surface area contributed by atoms with E-state index in [1.165, 1.54) is 113 Å². The van der Waals surface area contributed by atoms with Crippen LogP contribution in [0, 0.1) is 11.3 Å². The van der Waals surface area contributed by atoms with Crippen LogP contribution in [0.4, 0.5) is 52.7 Å². The Morgan fingerprint density at radius 1 is 0.500 bits per heavy atom. The average Bonchev–Trinajstić information content (AvgIpc) is 3.11. The second kappa shape index (κ2) is 23.8. The zero-order valence-corrected chi connectivity index (χ0v) is 36.5. The molecule has 4 aromatic rings. The minimum atomic E-state index is -4.75. The number of nitriles is 1. The molecule has 0 aliphatic carbocycles. The Hall–Kier alpha value is -5.69. The number of benzene rings is 4. The van der Waals surface area contributed by atoms with Crippen LogP contribution in [0.2, 0.25) is 0 Å². The zero-order chi connectivity index (χ0) is 50.1. The van der Waals surface area contributed by atoms with E-state index in [1.54, 1.807) is 27.7 Å². The van der Waals surface area contributed by atoms with Crippen molar-refractivity contribution in [2.24, 2.45) is 0 Å². The third kappa shape index (κ3) is 26.1. The van der Waals surface area contributed by atoms with Crippen LogP contribution in [0.5, 0.6) is 23.0 Å². The van der Waals surface area contributed by atoms with Crippen LogP contribution in [0.25, 0.3) is 0 Å². The predicted octanol–water partition coefficient (Wildman–Crippen LogP) is 13.1. The molecule has 4 rings (SSSR count). The molecule has 0 saturated heterocycles. The minimum absolute atomic E-state index is 0.167. The summed E-state index contributed by atoms with van der Waals surface area (Å²) in [7, 11) is 0. The van der Waals surface area contributed by atoms with Gasteiger partial charge in [-0.25, -0.2) is 0 Å². The number of hydrogen-bond donors (Lipinski definition) is 2. The molecule has 0 fully saturated rings. The van der Waals surface area contributed by atoms with Gasteiger partial charge >= 0.3 is 31.4 Å². The second-order valence-electron chi connectivity index (χ2n) is 14.4. The number of alkyl halides is 12. The lowest BCUT2D eigenvalue weighted by Gasteiger charge is -2.20. The first-order valence-corrected chi connectivity index (χ1v) is 18.5. The van der Waals surface area contributed by atoms with Crippen molar-refractivity contribution < 1.29 is 91.4 Å². The molecule has 9 nitrogen and oxygen atoms in total. The Kier molecular flexibility index (Phi) is 21.7. The minimum Gasteiger partial charge on any atom is -0.481 e. The van der Waals surface area contributed by atoms with Crippen molar-refractivity contribution in [3.63, 3.8) is 0 Å². The van der Waals surface area contributed by atoms with Crippen LogP contribution in [0.3, 0.4) is 0 Å². The van der Waals surface area contributed by atoms with Crippen molar-refractivity contribution in [3.05, 3.63) is 118 Å². The van der Waals surface area contributed by atoms with Gasteiger partial charge in [-0.05, 0) is 133 Å². The van der Waals surface area contributed by atoms with Gasteiger partial charge < -0.3 is 34.0 Å². The SMILES string of the molecule is CC(C)(C#N)c1ccc(OC(F)(F)F)cc1.CC(C)(C(=O)O)c1ccc(OC(F)(F)F)cc1.CC(C)(O)c1ccc(OC(F)(F)F)cc1.CC(C)=O.FC(F)(F)Oc1ccc(Br)cc1. The molecule has 0 aromatic heterocycles. The Morgan fingerprint density at radius 3 is 0.953 bits per heavy atom. The highest BCUT2D eigenvalue weighted by molar-refractivity contribution is 9.10. The van der Waals surface area contributed by atoms with Crippen LogP contribution in [0.1, 0.15) is 72.1 Å². The molecular formula is C42H42BrF12NO8. The number of Topliss-reactive ketones (excluding diaryl/α,β-unsaturated/α-hetero) is 1. The molecule has 0 unspecified atom stereocenters. The fraction of sp³-hybridized carbons (Fsp3) is 0.357. The van der Waals surface area contributed by atoms with E-state index in [2.05, 4.69) is 40.9 Å². The van der Waals surface area contributed by atoms with E-state index in [1.807, 2.05) is 0 Å². The number of hydrogen-bond acceptors (Lipinski definition) is 8. The highest BCUT2D eigenvalue weighted by Crippen LogP contribution is 2.30. The molecule has 0 amide bonds. The molecule has 0 aliphatic heterocycles. The topological polar surface area (TPSA) is 135 Å². The van der Waals surface area contributed by atoms with Gasteiger partial charge in [-0.3, -0.25) is 4.79 Å². The fourth-order valence-corrected chi connectivity index (χ4v) is 4.30. The van der Waals surface area contributed by atoms with Crippen molar-refractivity contribution in [2.75, 3.05) is 0 Å². The fourth-order valence-electron chi connectivity index (χ4n) is 4.04. The molecule has 0 heterocycles. The number of carbonyl (C=O) groups is 2. The third-order valence-corrected chi connectivity index (χ3v) is 7.80. The maximum absolute atomic E-state index is 11.9. The summed E-state index contributed by atoms with van der Waals surface area (Å²) in [5.41, 5.74) is -1.38. The highest BCUT2D eigenvalue weighted by atomic mass is 79.9. The van der Waals surface area contributed by atoms with Gasteiger partial charge in [-0.1, -0.05) is 52.3 Å². The Morgan fingerprint density at radius 2 is 0.734 bits per heavy atom. The highest BCUT2D eigenvalue weighted by Gasteiger charge is 2.34. The van der Waals surface area contributed by atoms with Crippen molar-refractivity contribution in [3.8, 4) is 29.1 Å². The van der Waals surface area contributed by atoms with Crippen LogP contribution in [-0.2, 0) is 26.0 Å². The van der Waals surface area contributed by atoms with Gasteiger partial charge in [-0.15, -0.1) is 52.7 Å². The third-order valence-electron chi connectivity index (χ3n) is 7.27. The average molecular weight is 997 g/mol. The molecule has 0 aliphatic rings. The van der Waals surface area contributed by atoms with Gasteiger partial charge in [0, 0.05) is 4.47 Å². The molecule has 0 saturated carbocycles. The largest absolute Gasteiger partial charge is 0.573 e. The van der Waals surface area contributed by atoms with Gasteiger partial charge in [0.05, 0.1) is 22.5 Å². The van der Waals surface area contributed by atoms with Crippen LogP contribution < -0.4 is 18.9 Å². The Bertz CT molecular complexity index is 2070. The molecule has 0 atom stereocenters. The van der Waals surface area contributed by atoms with E-state index in [0.717, 1.165) is 12.1 Å². The van der Waals surface area contributed by atoms with E-state index in [4.69, 9.17) is 10.4 Å². The van der Waals surface area contributed by atoms with Crippen LogP contribution >= 0.6 is 15.9 Å². The normalized spacial score (nSPS) is 11.8. The lowest BCUT2D eigenvalue weighted by molar-refractivity contribution is -0.275. The number of aliphatic hydroxyl groups is 1. The molecule has 354 valence electrons. The summed E-state index contributed by atoms with van der Waals surface area (Å²) in [4.78, 5) is 20.4. The number of ether oxygens (including phenoxy) is 4. The number of ketones is 1. The van der Waals surface area contributed by atoms with Gasteiger partial charge in [0.15, 0.2) is 0 Å². The predicted molar refractivity (Wildman–Crippen MR) is 211 cm³/mol. The number of carboxylic acid groups (broad SMARTS) is 1. The Labute approximate surface area is 368 Å². The maximum Gasteiger partial charge on any atom is 0.573 e. The number of carboxylic acids is 1. The summed E-state index contributed by atoms with van der Waals surface area (Å²) in [6.45, 7) is 12.5. The first-order chi connectivity index (χ1) is 28.8. The summed E-state index contributed by atoms with van der Waals surface area (Å²) < 4.78 is 157. The van der Waals surface area contributed by atoms with Crippen molar-refractivity contribution in [1.82, 2.24) is 0 Å². The molecule has 22 heteroatoms.